The number of rotatable bonds is 6. The number of halogens is 1. The number of amides is 1. The van der Waals surface area contributed by atoms with Gasteiger partial charge in [0.1, 0.15) is 5.69 Å². The minimum Gasteiger partial charge on any atom is -0.382 e. The highest BCUT2D eigenvalue weighted by atomic mass is 35.5. The van der Waals surface area contributed by atoms with Crippen molar-refractivity contribution in [1.82, 2.24) is 10.3 Å². The van der Waals surface area contributed by atoms with E-state index in [1.165, 1.54) is 0 Å². The van der Waals surface area contributed by atoms with Gasteiger partial charge < -0.3 is 14.8 Å². The van der Waals surface area contributed by atoms with E-state index in [2.05, 4.69) is 10.3 Å². The van der Waals surface area contributed by atoms with E-state index in [-0.39, 0.29) is 18.1 Å². The molecule has 1 aliphatic rings. The highest BCUT2D eigenvalue weighted by Gasteiger charge is 2.24. The molecule has 0 unspecified atom stereocenters. The maximum Gasteiger partial charge on any atom is 0.271 e. The van der Waals surface area contributed by atoms with Gasteiger partial charge in [-0.3, -0.25) is 4.79 Å². The molecule has 0 bridgehead atoms. The van der Waals surface area contributed by atoms with Gasteiger partial charge >= 0.3 is 0 Å². The fraction of sp³-hybridized carbons (Fsp3) is 0.625. The molecule has 1 heterocycles. The summed E-state index contributed by atoms with van der Waals surface area (Å²) in [5.74, 6) is -0.197. The molecule has 0 atom stereocenters. The molecule has 1 aromatic heterocycles. The Morgan fingerprint density at radius 2 is 2.09 bits per heavy atom. The summed E-state index contributed by atoms with van der Waals surface area (Å²) in [6.45, 7) is 3.11. The number of carbonyl (C=O) groups is 1. The van der Waals surface area contributed by atoms with Crippen molar-refractivity contribution < 1.29 is 14.3 Å². The van der Waals surface area contributed by atoms with Crippen LogP contribution >= 0.6 is 11.6 Å². The first-order valence-corrected chi connectivity index (χ1v) is 8.02. The molecular formula is C16H23ClN2O3. The van der Waals surface area contributed by atoms with Gasteiger partial charge in [0.2, 0.25) is 0 Å². The third-order valence-corrected chi connectivity index (χ3v) is 4.42. The van der Waals surface area contributed by atoms with Crippen LogP contribution < -0.4 is 5.32 Å². The van der Waals surface area contributed by atoms with Crippen LogP contribution in [0.3, 0.4) is 0 Å². The molecule has 5 nitrogen and oxygen atoms in total. The molecule has 22 heavy (non-hydrogen) atoms. The van der Waals surface area contributed by atoms with Crippen LogP contribution in [0.15, 0.2) is 12.3 Å². The fourth-order valence-corrected chi connectivity index (χ4v) is 2.82. The maximum atomic E-state index is 12.3. The third kappa shape index (κ3) is 4.66. The zero-order valence-electron chi connectivity index (χ0n) is 13.1. The number of hydrogen-bond acceptors (Lipinski definition) is 4. The number of methoxy groups -OCH3 is 1. The van der Waals surface area contributed by atoms with Crippen LogP contribution in [0.25, 0.3) is 0 Å². The second-order valence-corrected chi connectivity index (χ2v) is 5.98. The number of carbonyl (C=O) groups excluding carboxylic acids is 1. The van der Waals surface area contributed by atoms with Crippen molar-refractivity contribution in [3.05, 3.63) is 28.5 Å². The van der Waals surface area contributed by atoms with E-state index in [1.54, 1.807) is 19.4 Å². The Bertz CT molecular complexity index is 502. The molecule has 0 aliphatic heterocycles. The molecule has 1 aromatic rings. The van der Waals surface area contributed by atoms with Gasteiger partial charge in [-0.2, -0.15) is 0 Å². The van der Waals surface area contributed by atoms with Crippen molar-refractivity contribution in [3.8, 4) is 0 Å². The molecular weight excluding hydrogens is 304 g/mol. The Kier molecular flexibility index (Phi) is 6.61. The molecule has 0 spiro atoms. The highest BCUT2D eigenvalue weighted by molar-refractivity contribution is 6.34. The van der Waals surface area contributed by atoms with Gasteiger partial charge in [-0.1, -0.05) is 11.6 Å². The second kappa shape index (κ2) is 8.46. The summed E-state index contributed by atoms with van der Waals surface area (Å²) in [4.78, 5) is 16.4. The predicted octanol–water partition coefficient (Wildman–Crippen LogP) is 2.75. The smallest absolute Gasteiger partial charge is 0.271 e. The molecule has 1 saturated carbocycles. The first kappa shape index (κ1) is 17.2. The summed E-state index contributed by atoms with van der Waals surface area (Å²) in [5.41, 5.74) is 1.16. The molecule has 122 valence electrons. The lowest BCUT2D eigenvalue weighted by Gasteiger charge is -2.29. The van der Waals surface area contributed by atoms with E-state index in [0.29, 0.717) is 23.9 Å². The van der Waals surface area contributed by atoms with Gasteiger partial charge in [-0.05, 0) is 44.2 Å². The lowest BCUT2D eigenvalue weighted by Crippen LogP contribution is -2.39. The van der Waals surface area contributed by atoms with Crippen molar-refractivity contribution in [1.29, 1.82) is 0 Å². The van der Waals surface area contributed by atoms with Crippen molar-refractivity contribution in [2.45, 2.75) is 44.8 Å². The van der Waals surface area contributed by atoms with E-state index in [9.17, 15) is 4.79 Å². The van der Waals surface area contributed by atoms with Crippen molar-refractivity contribution in [2.75, 3.05) is 20.3 Å². The number of ether oxygens (including phenoxy) is 2. The molecule has 1 N–H and O–H groups in total. The van der Waals surface area contributed by atoms with Crippen LogP contribution in [-0.4, -0.2) is 43.4 Å². The Labute approximate surface area is 136 Å². The van der Waals surface area contributed by atoms with Crippen LogP contribution in [-0.2, 0) is 9.47 Å². The average Bonchev–Trinajstić information content (AvgIpc) is 2.52. The summed E-state index contributed by atoms with van der Waals surface area (Å²) < 4.78 is 10.7. The summed E-state index contributed by atoms with van der Waals surface area (Å²) in [7, 11) is 1.67. The molecule has 1 amide bonds. The minimum atomic E-state index is -0.197. The van der Waals surface area contributed by atoms with Crippen LogP contribution in [0, 0.1) is 6.92 Å². The number of nitrogens with zero attached hydrogens (tertiary/aromatic N) is 1. The zero-order chi connectivity index (χ0) is 15.9. The molecule has 2 rings (SSSR count). The third-order valence-electron chi connectivity index (χ3n) is 3.95. The van der Waals surface area contributed by atoms with E-state index < -0.39 is 0 Å². The van der Waals surface area contributed by atoms with E-state index >= 15 is 0 Å². The number of aromatic nitrogens is 1. The highest BCUT2D eigenvalue weighted by Crippen LogP contribution is 2.23. The van der Waals surface area contributed by atoms with Crippen LogP contribution in [0.1, 0.15) is 41.7 Å². The summed E-state index contributed by atoms with van der Waals surface area (Å²) in [6.07, 6.45) is 5.59. The standard InChI is InChI=1S/C16H23ClN2O3/c1-11-7-8-18-15(14(11)17)16(20)19-12-3-5-13(6-4-12)22-10-9-21-2/h7-8,12-13H,3-6,9-10H2,1-2H3,(H,19,20). The number of pyridine rings is 1. The van der Waals surface area contributed by atoms with Crippen molar-refractivity contribution in [2.24, 2.45) is 0 Å². The zero-order valence-corrected chi connectivity index (χ0v) is 13.9. The van der Waals surface area contributed by atoms with Crippen molar-refractivity contribution in [3.63, 3.8) is 0 Å². The van der Waals surface area contributed by atoms with E-state index in [4.69, 9.17) is 21.1 Å². The summed E-state index contributed by atoms with van der Waals surface area (Å²) in [5, 5.41) is 3.45. The van der Waals surface area contributed by atoms with E-state index in [1.807, 2.05) is 6.92 Å². The maximum absolute atomic E-state index is 12.3. The normalized spacial score (nSPS) is 21.6. The van der Waals surface area contributed by atoms with Gasteiger partial charge in [0.05, 0.1) is 24.3 Å². The lowest BCUT2D eigenvalue weighted by molar-refractivity contribution is -0.00409. The van der Waals surface area contributed by atoms with Crippen LogP contribution in [0.5, 0.6) is 0 Å². The van der Waals surface area contributed by atoms with Gasteiger partial charge in [-0.25, -0.2) is 4.98 Å². The molecule has 1 aliphatic carbocycles. The fourth-order valence-electron chi connectivity index (χ4n) is 2.62. The number of hydrogen-bond donors (Lipinski definition) is 1. The first-order valence-electron chi connectivity index (χ1n) is 7.64. The van der Waals surface area contributed by atoms with Crippen molar-refractivity contribution >= 4 is 17.5 Å². The first-order chi connectivity index (χ1) is 10.6. The Balaban J connectivity index is 1.80. The molecule has 1 fully saturated rings. The average molecular weight is 327 g/mol. The quantitative estimate of drug-likeness (QED) is 0.817. The lowest BCUT2D eigenvalue weighted by atomic mass is 9.93. The van der Waals surface area contributed by atoms with Gasteiger partial charge in [-0.15, -0.1) is 0 Å². The molecule has 0 saturated heterocycles. The Morgan fingerprint density at radius 1 is 1.36 bits per heavy atom. The molecule has 0 aromatic carbocycles. The Morgan fingerprint density at radius 3 is 2.77 bits per heavy atom. The van der Waals surface area contributed by atoms with E-state index in [0.717, 1.165) is 31.2 Å². The predicted molar refractivity (Wildman–Crippen MR) is 85.3 cm³/mol. The topological polar surface area (TPSA) is 60.5 Å². The Hall–Kier alpha value is -1.17. The minimum absolute atomic E-state index is 0.160. The summed E-state index contributed by atoms with van der Waals surface area (Å²) >= 11 is 6.14. The monoisotopic (exact) mass is 326 g/mol. The summed E-state index contributed by atoms with van der Waals surface area (Å²) in [6, 6.07) is 1.95. The number of nitrogens with one attached hydrogen (secondary N) is 1. The van der Waals surface area contributed by atoms with Crippen LogP contribution in [0.4, 0.5) is 0 Å². The van der Waals surface area contributed by atoms with Gasteiger partial charge in [0, 0.05) is 19.3 Å². The molecule has 6 heteroatoms. The SMILES string of the molecule is COCCOC1CCC(NC(=O)c2nccc(C)c2Cl)CC1. The number of aryl methyl sites for hydroxylation is 1. The molecule has 0 radical (unpaired) electrons. The van der Waals surface area contributed by atoms with Gasteiger partial charge in [0.25, 0.3) is 5.91 Å². The second-order valence-electron chi connectivity index (χ2n) is 5.60. The van der Waals surface area contributed by atoms with Gasteiger partial charge in [0.15, 0.2) is 0 Å². The largest absolute Gasteiger partial charge is 0.382 e. The van der Waals surface area contributed by atoms with Crippen LogP contribution in [0.2, 0.25) is 5.02 Å².